The van der Waals surface area contributed by atoms with Crippen LogP contribution in [0.1, 0.15) is 17.0 Å². The topological polar surface area (TPSA) is 0 Å². The van der Waals surface area contributed by atoms with Crippen LogP contribution in [-0.2, 0) is 6.42 Å². The van der Waals surface area contributed by atoms with Crippen LogP contribution in [0, 0.1) is 0 Å². The van der Waals surface area contributed by atoms with E-state index in [1.165, 1.54) is 0 Å². The zero-order valence-corrected chi connectivity index (χ0v) is 13.9. The fourth-order valence-electron chi connectivity index (χ4n) is 2.02. The molecule has 0 radical (unpaired) electrons. The molecule has 0 saturated heterocycles. The molecule has 0 aliphatic heterocycles. The smallest absolute Gasteiger partial charge is 0.0441 e. The zero-order chi connectivity index (χ0) is 13.8. The third kappa shape index (κ3) is 3.88. The number of alkyl halides is 1. The largest absolute Gasteiger partial charge is 0.0921 e. The molecule has 0 fully saturated rings. The second-order valence-electron chi connectivity index (χ2n) is 4.31. The van der Waals surface area contributed by atoms with E-state index in [1.807, 2.05) is 36.4 Å². The van der Waals surface area contributed by atoms with Gasteiger partial charge in [0.1, 0.15) is 0 Å². The molecule has 0 nitrogen and oxygen atoms in total. The molecule has 2 aromatic rings. The highest BCUT2D eigenvalue weighted by atomic mass is 79.9. The molecule has 0 aliphatic rings. The Hall–Kier alpha value is -0.210. The van der Waals surface area contributed by atoms with Crippen LogP contribution in [0.5, 0.6) is 0 Å². The molecule has 0 N–H and O–H groups in total. The van der Waals surface area contributed by atoms with Gasteiger partial charge < -0.3 is 0 Å². The van der Waals surface area contributed by atoms with Crippen LogP contribution in [0.25, 0.3) is 0 Å². The monoisotopic (exact) mass is 376 g/mol. The summed E-state index contributed by atoms with van der Waals surface area (Å²) >= 11 is 22.0. The van der Waals surface area contributed by atoms with Crippen molar-refractivity contribution in [1.82, 2.24) is 0 Å². The van der Waals surface area contributed by atoms with Crippen molar-refractivity contribution in [3.05, 3.63) is 68.7 Å². The summed E-state index contributed by atoms with van der Waals surface area (Å²) in [7, 11) is 0. The zero-order valence-electron chi connectivity index (χ0n) is 10.0. The lowest BCUT2D eigenvalue weighted by Crippen LogP contribution is -2.05. The molecular formula is C15H12BrCl3. The molecular weight excluding hydrogens is 366 g/mol. The van der Waals surface area contributed by atoms with Crippen molar-refractivity contribution >= 4 is 50.7 Å². The highest BCUT2D eigenvalue weighted by molar-refractivity contribution is 9.09. The van der Waals surface area contributed by atoms with Gasteiger partial charge in [-0.25, -0.2) is 0 Å². The van der Waals surface area contributed by atoms with Gasteiger partial charge >= 0.3 is 0 Å². The molecule has 100 valence electrons. The Bertz CT molecular complexity index is 569. The Kier molecular flexibility index (Phi) is 5.58. The average molecular weight is 379 g/mol. The first-order chi connectivity index (χ1) is 9.11. The van der Waals surface area contributed by atoms with Gasteiger partial charge in [-0.1, -0.05) is 68.9 Å². The number of halogens is 4. The van der Waals surface area contributed by atoms with E-state index in [0.29, 0.717) is 5.02 Å². The van der Waals surface area contributed by atoms with Crippen molar-refractivity contribution in [2.75, 3.05) is 5.33 Å². The Morgan fingerprint density at radius 1 is 0.947 bits per heavy atom. The first-order valence-electron chi connectivity index (χ1n) is 5.86. The van der Waals surface area contributed by atoms with E-state index in [9.17, 15) is 0 Å². The van der Waals surface area contributed by atoms with Gasteiger partial charge in [-0.3, -0.25) is 0 Å². The van der Waals surface area contributed by atoms with Crippen molar-refractivity contribution in [2.45, 2.75) is 12.3 Å². The van der Waals surface area contributed by atoms with Gasteiger partial charge in [0.05, 0.1) is 0 Å². The van der Waals surface area contributed by atoms with Crippen molar-refractivity contribution in [2.24, 2.45) is 0 Å². The lowest BCUT2D eigenvalue weighted by Gasteiger charge is -2.17. The van der Waals surface area contributed by atoms with E-state index in [4.69, 9.17) is 34.8 Å². The molecule has 0 aliphatic carbocycles. The van der Waals surface area contributed by atoms with Crippen LogP contribution >= 0.6 is 50.7 Å². The normalized spacial score (nSPS) is 12.4. The lowest BCUT2D eigenvalue weighted by molar-refractivity contribution is 0.776. The molecule has 2 aromatic carbocycles. The van der Waals surface area contributed by atoms with Gasteiger partial charge in [-0.15, -0.1) is 0 Å². The van der Waals surface area contributed by atoms with E-state index >= 15 is 0 Å². The summed E-state index contributed by atoms with van der Waals surface area (Å²) in [4.78, 5) is 0. The van der Waals surface area contributed by atoms with Crippen LogP contribution in [0.4, 0.5) is 0 Å². The number of benzene rings is 2. The summed E-state index contributed by atoms with van der Waals surface area (Å²) in [6, 6.07) is 13.4. The molecule has 4 heteroatoms. The van der Waals surface area contributed by atoms with E-state index in [2.05, 4.69) is 15.9 Å². The predicted octanol–water partition coefficient (Wildman–Crippen LogP) is 6.37. The Morgan fingerprint density at radius 3 is 2.37 bits per heavy atom. The minimum absolute atomic E-state index is 0.268. The molecule has 1 atom stereocenters. The molecule has 2 rings (SSSR count). The molecule has 0 bridgehead atoms. The number of hydrogen-bond acceptors (Lipinski definition) is 0. The summed E-state index contributed by atoms with van der Waals surface area (Å²) in [5, 5.41) is 3.04. The lowest BCUT2D eigenvalue weighted by atomic mass is 9.93. The molecule has 0 aromatic heterocycles. The molecule has 0 spiro atoms. The molecule has 0 amide bonds. The summed E-state index contributed by atoms with van der Waals surface area (Å²) in [6.45, 7) is 0. The van der Waals surface area contributed by atoms with Crippen LogP contribution in [-0.4, -0.2) is 5.33 Å². The SMILES string of the molecule is Clc1ccc(Cl)c(CC(CBr)c2ccccc2Cl)c1. The van der Waals surface area contributed by atoms with Gasteiger partial charge in [0.15, 0.2) is 0 Å². The van der Waals surface area contributed by atoms with E-state index in [1.54, 1.807) is 6.07 Å². The third-order valence-electron chi connectivity index (χ3n) is 3.01. The van der Waals surface area contributed by atoms with Gasteiger partial charge in [0.2, 0.25) is 0 Å². The van der Waals surface area contributed by atoms with E-state index < -0.39 is 0 Å². The van der Waals surface area contributed by atoms with Crippen molar-refractivity contribution in [1.29, 1.82) is 0 Å². The first-order valence-corrected chi connectivity index (χ1v) is 8.11. The van der Waals surface area contributed by atoms with Crippen LogP contribution in [0.15, 0.2) is 42.5 Å². The average Bonchev–Trinajstić information content (AvgIpc) is 2.41. The van der Waals surface area contributed by atoms with Crippen LogP contribution in [0.2, 0.25) is 15.1 Å². The van der Waals surface area contributed by atoms with Gasteiger partial charge in [-0.05, 0) is 47.7 Å². The van der Waals surface area contributed by atoms with Crippen LogP contribution < -0.4 is 0 Å². The van der Waals surface area contributed by atoms with Gasteiger partial charge in [-0.2, -0.15) is 0 Å². The third-order valence-corrected chi connectivity index (χ3v) is 4.73. The minimum Gasteiger partial charge on any atom is -0.0921 e. The highest BCUT2D eigenvalue weighted by Crippen LogP contribution is 2.32. The summed E-state index contributed by atoms with van der Waals surface area (Å²) in [5.41, 5.74) is 2.16. The first kappa shape index (κ1) is 15.2. The highest BCUT2D eigenvalue weighted by Gasteiger charge is 2.15. The number of rotatable bonds is 4. The van der Waals surface area contributed by atoms with Crippen LogP contribution in [0.3, 0.4) is 0 Å². The molecule has 0 heterocycles. The van der Waals surface area contributed by atoms with E-state index in [0.717, 1.165) is 32.9 Å². The predicted molar refractivity (Wildman–Crippen MR) is 88.2 cm³/mol. The molecule has 0 saturated carbocycles. The molecule has 19 heavy (non-hydrogen) atoms. The van der Waals surface area contributed by atoms with Gasteiger partial charge in [0.25, 0.3) is 0 Å². The Labute approximate surface area is 136 Å². The molecule has 1 unspecified atom stereocenters. The fourth-order valence-corrected chi connectivity index (χ4v) is 3.28. The Balaban J connectivity index is 2.29. The second-order valence-corrected chi connectivity index (χ2v) is 6.21. The minimum atomic E-state index is 0.268. The maximum atomic E-state index is 6.26. The van der Waals surface area contributed by atoms with E-state index in [-0.39, 0.29) is 5.92 Å². The second kappa shape index (κ2) is 6.99. The maximum absolute atomic E-state index is 6.26. The Morgan fingerprint density at radius 2 is 1.68 bits per heavy atom. The maximum Gasteiger partial charge on any atom is 0.0441 e. The summed E-state index contributed by atoms with van der Waals surface area (Å²) < 4.78 is 0. The van der Waals surface area contributed by atoms with Gasteiger partial charge in [0, 0.05) is 20.4 Å². The summed E-state index contributed by atoms with van der Waals surface area (Å²) in [5.74, 6) is 0.268. The standard InChI is InChI=1S/C15H12BrCl3/c16-9-11(13-3-1-2-4-15(13)19)7-10-8-12(17)5-6-14(10)18/h1-6,8,11H,7,9H2. The quantitative estimate of drug-likeness (QED) is 0.542. The summed E-state index contributed by atoms with van der Waals surface area (Å²) in [6.07, 6.45) is 0.800. The van der Waals surface area contributed by atoms with Crippen molar-refractivity contribution < 1.29 is 0 Å². The number of hydrogen-bond donors (Lipinski definition) is 0. The van der Waals surface area contributed by atoms with Crippen molar-refractivity contribution in [3.63, 3.8) is 0 Å². The van der Waals surface area contributed by atoms with Crippen molar-refractivity contribution in [3.8, 4) is 0 Å². The fraction of sp³-hybridized carbons (Fsp3) is 0.200.